The van der Waals surface area contributed by atoms with Crippen molar-refractivity contribution in [3.63, 3.8) is 0 Å². The number of urea groups is 1. The molecule has 0 saturated heterocycles. The number of nitrogens with two attached hydrogens (primary N) is 1. The molecule has 0 spiro atoms. The number of benzene rings is 1. The molecule has 0 heterocycles. The maximum atomic E-state index is 10.7. The molecule has 3 N–H and O–H groups in total. The first kappa shape index (κ1) is 12.4. The molecule has 0 saturated carbocycles. The number of amides is 2. The summed E-state index contributed by atoms with van der Waals surface area (Å²) in [5, 5.41) is 14.1. The van der Waals surface area contributed by atoms with Crippen molar-refractivity contribution in [2.45, 2.75) is 0 Å². The largest absolute Gasteiger partial charge is 0.350 e. The number of hydrogen-bond acceptors (Lipinski definition) is 4. The number of nitro benzene ring substituents is 1. The van der Waals surface area contributed by atoms with E-state index in [4.69, 9.17) is 5.73 Å². The maximum Gasteiger partial charge on any atom is 0.332 e. The topological polar surface area (TPSA) is 111 Å². The fourth-order valence-corrected chi connectivity index (χ4v) is 1.09. The van der Waals surface area contributed by atoms with Crippen LogP contribution in [-0.2, 0) is 0 Å². The molecule has 1 aromatic carbocycles. The molecule has 2 amide bonds. The fraction of sp³-hybridized carbons (Fsp3) is 0. The van der Waals surface area contributed by atoms with Crippen molar-refractivity contribution in [2.24, 2.45) is 10.8 Å². The van der Waals surface area contributed by atoms with E-state index < -0.39 is 11.0 Å². The molecule has 0 fully saturated rings. The number of hydrazone groups is 1. The number of carbonyl (C=O) groups is 1. The molecule has 0 aromatic heterocycles. The average Bonchev–Trinajstić information content (AvgIpc) is 2.28. The Morgan fingerprint density at radius 2 is 2.18 bits per heavy atom. The number of hydrogen-bond donors (Lipinski definition) is 2. The average molecular weight is 234 g/mol. The van der Waals surface area contributed by atoms with Crippen molar-refractivity contribution in [3.05, 3.63) is 46.0 Å². The predicted octanol–water partition coefficient (Wildman–Crippen LogP) is 1.26. The lowest BCUT2D eigenvalue weighted by Gasteiger charge is -1.95. The van der Waals surface area contributed by atoms with E-state index in [9.17, 15) is 14.9 Å². The smallest absolute Gasteiger partial charge is 0.332 e. The highest BCUT2D eigenvalue weighted by Gasteiger charge is 2.08. The summed E-state index contributed by atoms with van der Waals surface area (Å²) in [5.74, 6) is 0. The second-order valence-corrected chi connectivity index (χ2v) is 2.93. The molecule has 7 nitrogen and oxygen atoms in total. The first-order valence-corrected chi connectivity index (χ1v) is 4.60. The Kier molecular flexibility index (Phi) is 4.37. The minimum atomic E-state index is -0.777. The highest BCUT2D eigenvalue weighted by Crippen LogP contribution is 2.18. The van der Waals surface area contributed by atoms with Gasteiger partial charge in [0.15, 0.2) is 0 Å². The Balaban J connectivity index is 2.74. The van der Waals surface area contributed by atoms with Gasteiger partial charge in [0, 0.05) is 12.3 Å². The van der Waals surface area contributed by atoms with Crippen LogP contribution in [0.15, 0.2) is 35.4 Å². The minimum absolute atomic E-state index is 0.00000966. The Morgan fingerprint density at radius 3 is 2.82 bits per heavy atom. The molecule has 0 aliphatic rings. The predicted molar refractivity (Wildman–Crippen MR) is 63.3 cm³/mol. The second kappa shape index (κ2) is 6.01. The molecule has 0 bridgehead atoms. The number of carbonyl (C=O) groups excluding carboxylic acids is 1. The normalized spacial score (nSPS) is 10.8. The number of primary amides is 1. The fourth-order valence-electron chi connectivity index (χ4n) is 1.09. The summed E-state index contributed by atoms with van der Waals surface area (Å²) >= 11 is 0. The van der Waals surface area contributed by atoms with Crippen LogP contribution in [0.5, 0.6) is 0 Å². The summed E-state index contributed by atoms with van der Waals surface area (Å²) in [7, 11) is 0. The highest BCUT2D eigenvalue weighted by molar-refractivity contribution is 5.81. The number of nitro groups is 1. The summed E-state index contributed by atoms with van der Waals surface area (Å²) in [5.41, 5.74) is 7.21. The van der Waals surface area contributed by atoms with Gasteiger partial charge in [-0.3, -0.25) is 10.1 Å². The lowest BCUT2D eigenvalue weighted by Crippen LogP contribution is -2.24. The Morgan fingerprint density at radius 1 is 1.47 bits per heavy atom. The van der Waals surface area contributed by atoms with Gasteiger partial charge in [-0.1, -0.05) is 12.1 Å². The molecule has 1 aromatic rings. The summed E-state index contributed by atoms with van der Waals surface area (Å²) in [6, 6.07) is 5.49. The van der Waals surface area contributed by atoms with Gasteiger partial charge < -0.3 is 5.73 Å². The molecule has 0 radical (unpaired) electrons. The molecule has 0 aliphatic carbocycles. The van der Waals surface area contributed by atoms with Crippen molar-refractivity contribution < 1.29 is 9.72 Å². The van der Waals surface area contributed by atoms with Gasteiger partial charge in [-0.25, -0.2) is 10.2 Å². The van der Waals surface area contributed by atoms with Gasteiger partial charge in [-0.15, -0.1) is 0 Å². The summed E-state index contributed by atoms with van der Waals surface area (Å²) < 4.78 is 0. The third kappa shape index (κ3) is 4.12. The van der Waals surface area contributed by atoms with E-state index in [0.29, 0.717) is 5.56 Å². The number of nitrogens with one attached hydrogen (secondary N) is 1. The van der Waals surface area contributed by atoms with Crippen LogP contribution in [-0.4, -0.2) is 17.2 Å². The van der Waals surface area contributed by atoms with Gasteiger partial charge in [-0.05, 0) is 18.2 Å². The Bertz CT molecular complexity index is 482. The van der Waals surface area contributed by atoms with Crippen molar-refractivity contribution in [2.75, 3.05) is 0 Å². The SMILES string of the molecule is NC(=O)N/N=C\C=C\c1ccccc1[N+](=O)[O-]. The number of rotatable bonds is 4. The highest BCUT2D eigenvalue weighted by atomic mass is 16.6. The van der Waals surface area contributed by atoms with E-state index in [0.717, 1.165) is 0 Å². The molecule has 0 unspecified atom stereocenters. The first-order chi connectivity index (χ1) is 8.11. The first-order valence-electron chi connectivity index (χ1n) is 4.60. The molecule has 17 heavy (non-hydrogen) atoms. The minimum Gasteiger partial charge on any atom is -0.350 e. The van der Waals surface area contributed by atoms with Gasteiger partial charge in [0.05, 0.1) is 10.5 Å². The molecule has 88 valence electrons. The molecule has 1 rings (SSSR count). The van der Waals surface area contributed by atoms with E-state index in [-0.39, 0.29) is 5.69 Å². The number of allylic oxidation sites excluding steroid dienone is 1. The lowest BCUT2D eigenvalue weighted by molar-refractivity contribution is -0.385. The van der Waals surface area contributed by atoms with Crippen LogP contribution in [0.25, 0.3) is 6.08 Å². The van der Waals surface area contributed by atoms with Crippen molar-refractivity contribution in [3.8, 4) is 0 Å². The molecular weight excluding hydrogens is 224 g/mol. The standard InChI is InChI=1S/C10H10N4O3/c11-10(15)13-12-7-3-5-8-4-1-2-6-9(8)14(16)17/h1-7H,(H3,11,13,15)/b5-3+,12-7-. The van der Waals surface area contributed by atoms with E-state index >= 15 is 0 Å². The summed E-state index contributed by atoms with van der Waals surface area (Å²) in [6.07, 6.45) is 4.23. The Labute approximate surface area is 96.8 Å². The van der Waals surface area contributed by atoms with Crippen LogP contribution in [0.2, 0.25) is 0 Å². The maximum absolute atomic E-state index is 10.7. The van der Waals surface area contributed by atoms with Crippen molar-refractivity contribution >= 4 is 24.0 Å². The second-order valence-electron chi connectivity index (χ2n) is 2.93. The van der Waals surface area contributed by atoms with Gasteiger partial charge >= 0.3 is 6.03 Å². The summed E-state index contributed by atoms with van der Waals surface area (Å²) in [4.78, 5) is 20.5. The molecule has 0 atom stereocenters. The zero-order valence-electron chi connectivity index (χ0n) is 8.74. The van der Waals surface area contributed by atoms with E-state index in [1.165, 1.54) is 24.4 Å². The van der Waals surface area contributed by atoms with Crippen LogP contribution in [0.4, 0.5) is 10.5 Å². The van der Waals surface area contributed by atoms with Gasteiger partial charge in [-0.2, -0.15) is 5.10 Å². The molecule has 7 heteroatoms. The number of nitrogens with zero attached hydrogens (tertiary/aromatic N) is 2. The Hall–Kier alpha value is -2.70. The van der Waals surface area contributed by atoms with Crippen LogP contribution in [0.1, 0.15) is 5.56 Å². The third-order valence-corrected chi connectivity index (χ3v) is 1.74. The molecular formula is C10H10N4O3. The number of para-hydroxylation sites is 1. The van der Waals surface area contributed by atoms with Crippen LogP contribution >= 0.6 is 0 Å². The van der Waals surface area contributed by atoms with Gasteiger partial charge in [0.2, 0.25) is 0 Å². The zero-order valence-corrected chi connectivity index (χ0v) is 8.74. The quantitative estimate of drug-likeness (QED) is 0.464. The van der Waals surface area contributed by atoms with Gasteiger partial charge in [0.25, 0.3) is 5.69 Å². The zero-order chi connectivity index (χ0) is 12.7. The van der Waals surface area contributed by atoms with Crippen LogP contribution < -0.4 is 11.2 Å². The monoisotopic (exact) mass is 234 g/mol. The lowest BCUT2D eigenvalue weighted by atomic mass is 10.2. The van der Waals surface area contributed by atoms with Gasteiger partial charge in [0.1, 0.15) is 0 Å². The third-order valence-electron chi connectivity index (χ3n) is 1.74. The van der Waals surface area contributed by atoms with E-state index in [1.54, 1.807) is 18.2 Å². The van der Waals surface area contributed by atoms with Crippen molar-refractivity contribution in [1.82, 2.24) is 5.43 Å². The van der Waals surface area contributed by atoms with Crippen LogP contribution in [0.3, 0.4) is 0 Å². The van der Waals surface area contributed by atoms with Crippen molar-refractivity contribution in [1.29, 1.82) is 0 Å². The van der Waals surface area contributed by atoms with E-state index in [2.05, 4.69) is 5.10 Å². The van der Waals surface area contributed by atoms with Crippen LogP contribution in [0, 0.1) is 10.1 Å². The summed E-state index contributed by atoms with van der Waals surface area (Å²) in [6.45, 7) is 0. The molecule has 0 aliphatic heterocycles. The van der Waals surface area contributed by atoms with E-state index in [1.807, 2.05) is 5.43 Å².